The van der Waals surface area contributed by atoms with Gasteiger partial charge in [0.1, 0.15) is 18.1 Å². The molecule has 0 bridgehead atoms. The first-order chi connectivity index (χ1) is 13.3. The van der Waals surface area contributed by atoms with Gasteiger partial charge in [0.25, 0.3) is 0 Å². The lowest BCUT2D eigenvalue weighted by Gasteiger charge is -2.08. The number of aromatic nitrogens is 2. The molecule has 28 heavy (non-hydrogen) atoms. The summed E-state index contributed by atoms with van der Waals surface area (Å²) < 4.78 is 65.1. The molecule has 146 valence electrons. The van der Waals surface area contributed by atoms with Crippen LogP contribution in [-0.2, 0) is 13.7 Å². The van der Waals surface area contributed by atoms with Crippen LogP contribution in [0.25, 0.3) is 6.08 Å². The van der Waals surface area contributed by atoms with Crippen LogP contribution >= 0.6 is 0 Å². The van der Waals surface area contributed by atoms with Crippen molar-refractivity contribution in [3.8, 4) is 5.75 Å². The summed E-state index contributed by atoms with van der Waals surface area (Å²) in [5, 5.41) is 4.08. The van der Waals surface area contributed by atoms with E-state index in [-0.39, 0.29) is 23.4 Å². The molecule has 0 aliphatic heterocycles. The predicted molar refractivity (Wildman–Crippen MR) is 90.6 cm³/mol. The van der Waals surface area contributed by atoms with Crippen molar-refractivity contribution in [3.63, 3.8) is 0 Å². The summed E-state index contributed by atoms with van der Waals surface area (Å²) in [6.07, 6.45) is 4.28. The molecule has 9 heteroatoms. The van der Waals surface area contributed by atoms with E-state index < -0.39 is 35.6 Å². The molecule has 0 amide bonds. The van der Waals surface area contributed by atoms with Gasteiger partial charge >= 0.3 is 0 Å². The van der Waals surface area contributed by atoms with E-state index in [0.717, 1.165) is 0 Å². The van der Waals surface area contributed by atoms with Gasteiger partial charge in [-0.05, 0) is 31.2 Å². The summed E-state index contributed by atoms with van der Waals surface area (Å²) in [6, 6.07) is 3.02. The second-order valence-electron chi connectivity index (χ2n) is 5.89. The topological polar surface area (TPSA) is 57.3 Å². The Balaban J connectivity index is 1.68. The number of halogens is 4. The first-order valence-electron chi connectivity index (χ1n) is 8.03. The van der Waals surface area contributed by atoms with Gasteiger partial charge in [-0.1, -0.05) is 0 Å². The largest absolute Gasteiger partial charge is 0.479 e. The summed E-state index contributed by atoms with van der Waals surface area (Å²) in [6.45, 7) is 1.23. The van der Waals surface area contributed by atoms with Gasteiger partial charge in [-0.15, -0.1) is 0 Å². The fraction of sp³-hybridized carbons (Fsp3) is 0.158. The lowest BCUT2D eigenvalue weighted by atomic mass is 10.1. The first-order valence-corrected chi connectivity index (χ1v) is 8.03. The van der Waals surface area contributed by atoms with Crippen LogP contribution in [0.2, 0.25) is 0 Å². The number of aryl methyl sites for hydroxylation is 2. The van der Waals surface area contributed by atoms with E-state index in [1.807, 2.05) is 0 Å². The highest BCUT2D eigenvalue weighted by molar-refractivity contribution is 6.07. The van der Waals surface area contributed by atoms with Gasteiger partial charge in [0, 0.05) is 19.3 Å². The average Bonchev–Trinajstić information content (AvgIpc) is 3.23. The smallest absolute Gasteiger partial charge is 0.203 e. The van der Waals surface area contributed by atoms with Crippen LogP contribution in [0, 0.1) is 30.2 Å². The molecule has 0 fully saturated rings. The van der Waals surface area contributed by atoms with Crippen molar-refractivity contribution < 1.29 is 31.5 Å². The third-order valence-electron chi connectivity index (χ3n) is 3.79. The maximum atomic E-state index is 13.6. The Hall–Kier alpha value is -3.36. The molecule has 0 radical (unpaired) electrons. The molecule has 2 aromatic heterocycles. The van der Waals surface area contributed by atoms with Gasteiger partial charge in [0.2, 0.25) is 11.6 Å². The van der Waals surface area contributed by atoms with E-state index in [1.54, 1.807) is 20.2 Å². The fourth-order valence-corrected chi connectivity index (χ4v) is 2.47. The molecule has 0 atom stereocenters. The van der Waals surface area contributed by atoms with Crippen LogP contribution in [0.1, 0.15) is 27.6 Å². The molecule has 0 spiro atoms. The molecule has 3 rings (SSSR count). The van der Waals surface area contributed by atoms with Gasteiger partial charge in [0.05, 0.1) is 11.3 Å². The lowest BCUT2D eigenvalue weighted by Crippen LogP contribution is -2.03. The van der Waals surface area contributed by atoms with Crippen LogP contribution in [0.4, 0.5) is 17.6 Å². The summed E-state index contributed by atoms with van der Waals surface area (Å²) in [5.41, 5.74) is 1.02. The van der Waals surface area contributed by atoms with Crippen LogP contribution in [0.3, 0.4) is 0 Å². The zero-order valence-electron chi connectivity index (χ0n) is 14.8. The van der Waals surface area contributed by atoms with Crippen LogP contribution in [0.15, 0.2) is 34.9 Å². The zero-order chi connectivity index (χ0) is 20.4. The molecule has 0 aliphatic rings. The number of rotatable bonds is 6. The number of ether oxygens (including phenoxy) is 1. The molecule has 3 aromatic rings. The van der Waals surface area contributed by atoms with Crippen LogP contribution in [0.5, 0.6) is 5.75 Å². The summed E-state index contributed by atoms with van der Waals surface area (Å²) in [5.74, 6) is -7.45. The minimum absolute atomic E-state index is 0.0916. The van der Waals surface area contributed by atoms with Crippen molar-refractivity contribution >= 4 is 11.9 Å². The minimum Gasteiger partial charge on any atom is -0.479 e. The first kappa shape index (κ1) is 19.4. The molecule has 0 N–H and O–H groups in total. The standard InChI is InChI=1S/C19H14F4N2O3/c1-10-13(8-25(2)24-10)16(26)6-5-11-3-4-12(28-11)9-27-19-17(22)14(20)7-15(21)18(19)23/h3-8H,9H2,1-2H3/b6-5+. The molecule has 0 saturated heterocycles. The number of allylic oxidation sites excluding steroid dienone is 1. The molecule has 0 aliphatic carbocycles. The minimum atomic E-state index is -1.64. The highest BCUT2D eigenvalue weighted by Gasteiger charge is 2.21. The van der Waals surface area contributed by atoms with Crippen molar-refractivity contribution in [1.82, 2.24) is 9.78 Å². The van der Waals surface area contributed by atoms with E-state index in [4.69, 9.17) is 9.15 Å². The average molecular weight is 394 g/mol. The van der Waals surface area contributed by atoms with E-state index in [2.05, 4.69) is 5.10 Å². The Kier molecular flexibility index (Phi) is 5.34. The van der Waals surface area contributed by atoms with Crippen molar-refractivity contribution in [3.05, 3.63) is 76.5 Å². The van der Waals surface area contributed by atoms with Crippen molar-refractivity contribution in [2.45, 2.75) is 13.5 Å². The normalized spacial score (nSPS) is 11.4. The summed E-state index contributed by atoms with van der Waals surface area (Å²) in [4.78, 5) is 12.1. The number of ketones is 1. The van der Waals surface area contributed by atoms with E-state index in [0.29, 0.717) is 11.3 Å². The Morgan fingerprint density at radius 3 is 2.50 bits per heavy atom. The monoisotopic (exact) mass is 394 g/mol. The number of furan rings is 1. The molecular formula is C19H14F4N2O3. The SMILES string of the molecule is Cc1nn(C)cc1C(=O)/C=C/c1ccc(COc2c(F)c(F)cc(F)c2F)o1. The Morgan fingerprint density at radius 1 is 1.21 bits per heavy atom. The molecule has 2 heterocycles. The third kappa shape index (κ3) is 3.98. The molecule has 1 aromatic carbocycles. The van der Waals surface area contributed by atoms with E-state index in [9.17, 15) is 22.4 Å². The number of nitrogens with zero attached hydrogens (tertiary/aromatic N) is 2. The number of hydrogen-bond acceptors (Lipinski definition) is 4. The number of carbonyl (C=O) groups excluding carboxylic acids is 1. The predicted octanol–water partition coefficient (Wildman–Crippen LogP) is 4.35. The van der Waals surface area contributed by atoms with Gasteiger partial charge in [0.15, 0.2) is 23.2 Å². The maximum absolute atomic E-state index is 13.6. The van der Waals surface area contributed by atoms with E-state index >= 15 is 0 Å². The van der Waals surface area contributed by atoms with Crippen LogP contribution < -0.4 is 4.74 Å². The number of carbonyl (C=O) groups is 1. The molecular weight excluding hydrogens is 380 g/mol. The van der Waals surface area contributed by atoms with E-state index in [1.165, 1.54) is 29.0 Å². The van der Waals surface area contributed by atoms with Crippen molar-refractivity contribution in [2.24, 2.45) is 7.05 Å². The molecule has 0 unspecified atom stereocenters. The quantitative estimate of drug-likeness (QED) is 0.270. The molecule has 5 nitrogen and oxygen atoms in total. The highest BCUT2D eigenvalue weighted by Crippen LogP contribution is 2.27. The Bertz CT molecular complexity index is 1040. The lowest BCUT2D eigenvalue weighted by molar-refractivity contribution is 0.104. The summed E-state index contributed by atoms with van der Waals surface area (Å²) >= 11 is 0. The van der Waals surface area contributed by atoms with Crippen molar-refractivity contribution in [2.75, 3.05) is 0 Å². The van der Waals surface area contributed by atoms with Gasteiger partial charge in [-0.25, -0.2) is 8.78 Å². The molecule has 0 saturated carbocycles. The second kappa shape index (κ2) is 7.71. The second-order valence-corrected chi connectivity index (χ2v) is 5.89. The van der Waals surface area contributed by atoms with Gasteiger partial charge < -0.3 is 9.15 Å². The van der Waals surface area contributed by atoms with Gasteiger partial charge in [-0.2, -0.15) is 13.9 Å². The maximum Gasteiger partial charge on any atom is 0.203 e. The third-order valence-corrected chi connectivity index (χ3v) is 3.79. The zero-order valence-corrected chi connectivity index (χ0v) is 14.8. The summed E-state index contributed by atoms with van der Waals surface area (Å²) in [7, 11) is 1.70. The van der Waals surface area contributed by atoms with Crippen LogP contribution in [-0.4, -0.2) is 15.6 Å². The Morgan fingerprint density at radius 2 is 1.89 bits per heavy atom. The van der Waals surface area contributed by atoms with Crippen molar-refractivity contribution in [1.29, 1.82) is 0 Å². The highest BCUT2D eigenvalue weighted by atomic mass is 19.2. The number of benzene rings is 1. The Labute approximate surface area is 156 Å². The fourth-order valence-electron chi connectivity index (χ4n) is 2.47. The van der Waals surface area contributed by atoms with Gasteiger partial charge in [-0.3, -0.25) is 9.48 Å². The number of hydrogen-bond donors (Lipinski definition) is 0.